The van der Waals surface area contributed by atoms with Gasteiger partial charge in [0.05, 0.1) is 16.1 Å². The van der Waals surface area contributed by atoms with Crippen LogP contribution in [0.3, 0.4) is 0 Å². The number of benzene rings is 1. The van der Waals surface area contributed by atoms with Gasteiger partial charge in [-0.2, -0.15) is 18.3 Å². The van der Waals surface area contributed by atoms with Crippen LogP contribution < -0.4 is 10.6 Å². The molecule has 28 heavy (non-hydrogen) atoms. The van der Waals surface area contributed by atoms with E-state index < -0.39 is 24.2 Å². The average Bonchev–Trinajstić information content (AvgIpc) is 3.04. The normalized spacial score (nSPS) is 19.3. The van der Waals surface area contributed by atoms with Crippen LogP contribution in [0.25, 0.3) is 0 Å². The van der Waals surface area contributed by atoms with E-state index in [1.54, 1.807) is 12.1 Å². The first-order chi connectivity index (χ1) is 13.1. The zero-order valence-electron chi connectivity index (χ0n) is 15.1. The number of hydrogen-bond acceptors (Lipinski definition) is 3. The van der Waals surface area contributed by atoms with Crippen molar-refractivity contribution in [2.45, 2.75) is 38.5 Å². The number of amides is 1. The summed E-state index contributed by atoms with van der Waals surface area (Å²) in [6, 6.07) is 3.52. The van der Waals surface area contributed by atoms with Crippen LogP contribution in [0.2, 0.25) is 10.0 Å². The SMILES string of the molecule is CC(C)CNC(=O)c1cc2n(n1)C(C(F)(F)F)CC(c1ccc(Cl)c(Cl)c1)N2. The molecule has 0 radical (unpaired) electrons. The van der Waals surface area contributed by atoms with Gasteiger partial charge in [0.15, 0.2) is 11.7 Å². The fourth-order valence-corrected chi connectivity index (χ4v) is 3.33. The van der Waals surface area contributed by atoms with E-state index in [9.17, 15) is 18.0 Å². The third kappa shape index (κ3) is 4.38. The van der Waals surface area contributed by atoms with E-state index in [-0.39, 0.29) is 28.9 Å². The number of anilines is 1. The molecule has 3 rings (SSSR count). The number of carbonyl (C=O) groups excluding carboxylic acids is 1. The Hall–Kier alpha value is -1.93. The Morgan fingerprint density at radius 1 is 1.32 bits per heavy atom. The Morgan fingerprint density at radius 2 is 2.04 bits per heavy atom. The van der Waals surface area contributed by atoms with Gasteiger partial charge in [-0.1, -0.05) is 43.1 Å². The Labute approximate surface area is 170 Å². The standard InChI is InChI=1S/C18H19Cl2F3N4O/c1-9(2)8-24-17(28)14-7-16-25-13(10-3-4-11(19)12(20)5-10)6-15(18(21,22)23)27(16)26-14/h3-5,7,9,13,15,25H,6,8H2,1-2H3,(H,24,28). The molecule has 2 heterocycles. The highest BCUT2D eigenvalue weighted by atomic mass is 35.5. The van der Waals surface area contributed by atoms with Gasteiger partial charge in [0.2, 0.25) is 0 Å². The molecule has 1 aromatic heterocycles. The molecule has 1 aromatic carbocycles. The summed E-state index contributed by atoms with van der Waals surface area (Å²) in [6.07, 6.45) is -4.81. The largest absolute Gasteiger partial charge is 0.410 e. The summed E-state index contributed by atoms with van der Waals surface area (Å²) in [5.41, 5.74) is 0.508. The third-order valence-electron chi connectivity index (χ3n) is 4.44. The molecular formula is C18H19Cl2F3N4O. The molecule has 1 amide bonds. The maximum Gasteiger partial charge on any atom is 0.410 e. The first-order valence-corrected chi connectivity index (χ1v) is 9.47. The van der Waals surface area contributed by atoms with Crippen molar-refractivity contribution in [1.29, 1.82) is 0 Å². The Morgan fingerprint density at radius 3 is 2.64 bits per heavy atom. The predicted molar refractivity (Wildman–Crippen MR) is 102 cm³/mol. The van der Waals surface area contributed by atoms with Crippen LogP contribution in [0.5, 0.6) is 0 Å². The number of nitrogens with zero attached hydrogens (tertiary/aromatic N) is 2. The molecule has 5 nitrogen and oxygen atoms in total. The maximum absolute atomic E-state index is 13.7. The van der Waals surface area contributed by atoms with Gasteiger partial charge in [0.25, 0.3) is 5.91 Å². The Balaban J connectivity index is 1.93. The number of alkyl halides is 3. The second kappa shape index (κ2) is 7.83. The van der Waals surface area contributed by atoms with Gasteiger partial charge in [-0.25, -0.2) is 4.68 Å². The summed E-state index contributed by atoms with van der Waals surface area (Å²) in [7, 11) is 0. The third-order valence-corrected chi connectivity index (χ3v) is 5.18. The minimum absolute atomic E-state index is 0.0628. The topological polar surface area (TPSA) is 59.0 Å². The molecule has 0 saturated carbocycles. The van der Waals surface area contributed by atoms with Crippen molar-refractivity contribution in [3.05, 3.63) is 45.6 Å². The molecule has 2 unspecified atom stereocenters. The van der Waals surface area contributed by atoms with E-state index in [0.717, 1.165) is 4.68 Å². The second-order valence-corrected chi connectivity index (χ2v) is 7.94. The van der Waals surface area contributed by atoms with Gasteiger partial charge in [-0.15, -0.1) is 0 Å². The molecule has 0 aliphatic carbocycles. The van der Waals surface area contributed by atoms with E-state index in [4.69, 9.17) is 23.2 Å². The number of nitrogens with one attached hydrogen (secondary N) is 2. The van der Waals surface area contributed by atoms with Crippen LogP contribution in [0, 0.1) is 5.92 Å². The van der Waals surface area contributed by atoms with E-state index in [0.29, 0.717) is 17.1 Å². The first kappa shape index (κ1) is 20.8. The van der Waals surface area contributed by atoms with E-state index in [1.165, 1.54) is 12.1 Å². The van der Waals surface area contributed by atoms with Crippen molar-refractivity contribution < 1.29 is 18.0 Å². The fraction of sp³-hybridized carbons (Fsp3) is 0.444. The van der Waals surface area contributed by atoms with Gasteiger partial charge in [0.1, 0.15) is 5.82 Å². The smallest absolute Gasteiger partial charge is 0.363 e. The Bertz CT molecular complexity index is 882. The molecule has 1 aliphatic rings. The number of carbonyl (C=O) groups is 1. The van der Waals surface area contributed by atoms with Crippen LogP contribution >= 0.6 is 23.2 Å². The van der Waals surface area contributed by atoms with E-state index in [2.05, 4.69) is 15.7 Å². The van der Waals surface area contributed by atoms with Crippen molar-refractivity contribution in [3.63, 3.8) is 0 Å². The summed E-state index contributed by atoms with van der Waals surface area (Å²) < 4.78 is 41.9. The summed E-state index contributed by atoms with van der Waals surface area (Å²) >= 11 is 11.9. The van der Waals surface area contributed by atoms with Crippen molar-refractivity contribution in [2.75, 3.05) is 11.9 Å². The highest BCUT2D eigenvalue weighted by molar-refractivity contribution is 6.42. The molecule has 0 spiro atoms. The zero-order chi connectivity index (χ0) is 20.6. The minimum Gasteiger partial charge on any atom is -0.363 e. The lowest BCUT2D eigenvalue weighted by atomic mass is 9.97. The second-order valence-electron chi connectivity index (χ2n) is 7.13. The minimum atomic E-state index is -4.52. The first-order valence-electron chi connectivity index (χ1n) is 8.72. The highest BCUT2D eigenvalue weighted by Gasteiger charge is 2.46. The average molecular weight is 435 g/mol. The van der Waals surface area contributed by atoms with Crippen molar-refractivity contribution in [1.82, 2.24) is 15.1 Å². The van der Waals surface area contributed by atoms with E-state index >= 15 is 0 Å². The summed E-state index contributed by atoms with van der Waals surface area (Å²) in [6.45, 7) is 4.24. The predicted octanol–water partition coefficient (Wildman–Crippen LogP) is 5.24. The van der Waals surface area contributed by atoms with Crippen molar-refractivity contribution in [2.24, 2.45) is 5.92 Å². The number of hydrogen-bond donors (Lipinski definition) is 2. The Kier molecular flexibility index (Phi) is 5.82. The van der Waals surface area contributed by atoms with E-state index in [1.807, 2.05) is 13.8 Å². The van der Waals surface area contributed by atoms with Crippen molar-refractivity contribution >= 4 is 34.9 Å². The molecular weight excluding hydrogens is 416 g/mol. The molecule has 2 N–H and O–H groups in total. The summed E-state index contributed by atoms with van der Waals surface area (Å²) in [4.78, 5) is 12.2. The van der Waals surface area contributed by atoms with Gasteiger partial charge in [0, 0.05) is 19.0 Å². The lowest BCUT2D eigenvalue weighted by molar-refractivity contribution is -0.173. The fourth-order valence-electron chi connectivity index (χ4n) is 3.02. The molecule has 1 aliphatic heterocycles. The molecule has 10 heteroatoms. The van der Waals surface area contributed by atoms with Crippen LogP contribution in [-0.4, -0.2) is 28.4 Å². The molecule has 0 fully saturated rings. The summed E-state index contributed by atoms with van der Waals surface area (Å²) in [5.74, 6) is -0.176. The summed E-state index contributed by atoms with van der Waals surface area (Å²) in [5, 5.41) is 10.2. The van der Waals surface area contributed by atoms with Crippen LogP contribution in [0.1, 0.15) is 48.4 Å². The maximum atomic E-state index is 13.7. The van der Waals surface area contributed by atoms with Gasteiger partial charge in [-0.05, 0) is 23.6 Å². The molecule has 2 aromatic rings. The lowest BCUT2D eigenvalue weighted by Crippen LogP contribution is -2.36. The number of rotatable bonds is 4. The lowest BCUT2D eigenvalue weighted by Gasteiger charge is -2.33. The van der Waals surface area contributed by atoms with Crippen LogP contribution in [0.15, 0.2) is 24.3 Å². The quantitative estimate of drug-likeness (QED) is 0.691. The molecule has 152 valence electrons. The molecule has 0 bridgehead atoms. The monoisotopic (exact) mass is 434 g/mol. The molecule has 2 atom stereocenters. The number of fused-ring (bicyclic) bond motifs is 1. The van der Waals surface area contributed by atoms with Crippen LogP contribution in [-0.2, 0) is 0 Å². The molecule has 0 saturated heterocycles. The number of halogens is 5. The zero-order valence-corrected chi connectivity index (χ0v) is 16.7. The van der Waals surface area contributed by atoms with Gasteiger partial charge in [-0.3, -0.25) is 4.79 Å². The number of aromatic nitrogens is 2. The van der Waals surface area contributed by atoms with Crippen LogP contribution in [0.4, 0.5) is 19.0 Å². The van der Waals surface area contributed by atoms with Crippen molar-refractivity contribution in [3.8, 4) is 0 Å². The van der Waals surface area contributed by atoms with Gasteiger partial charge >= 0.3 is 6.18 Å². The highest BCUT2D eigenvalue weighted by Crippen LogP contribution is 2.44. The van der Waals surface area contributed by atoms with Gasteiger partial charge < -0.3 is 10.6 Å².